The highest BCUT2D eigenvalue weighted by Gasteiger charge is 2.41. The molecule has 1 aliphatic rings. The summed E-state index contributed by atoms with van der Waals surface area (Å²) in [5, 5.41) is 21.1. The van der Waals surface area contributed by atoms with E-state index in [1.807, 2.05) is 6.92 Å². The number of amides is 1. The van der Waals surface area contributed by atoms with Gasteiger partial charge >= 0.3 is 0 Å². The molecule has 0 radical (unpaired) electrons. The first-order valence-electron chi connectivity index (χ1n) is 9.07. The van der Waals surface area contributed by atoms with Crippen LogP contribution in [0.4, 0.5) is 11.6 Å². The Morgan fingerprint density at radius 2 is 2.03 bits per heavy atom. The van der Waals surface area contributed by atoms with Crippen LogP contribution in [0.2, 0.25) is 5.02 Å². The number of halogens is 1. The monoisotopic (exact) mass is 413 g/mol. The number of hydrogen-bond donors (Lipinski definition) is 3. The maximum absolute atomic E-state index is 13.3. The van der Waals surface area contributed by atoms with Crippen LogP contribution in [-0.4, -0.2) is 38.9 Å². The Bertz CT molecular complexity index is 1040. The molecule has 0 saturated heterocycles. The van der Waals surface area contributed by atoms with E-state index >= 15 is 0 Å². The van der Waals surface area contributed by atoms with Crippen molar-refractivity contribution in [3.8, 4) is 11.5 Å². The van der Waals surface area contributed by atoms with Crippen LogP contribution in [0.3, 0.4) is 0 Å². The summed E-state index contributed by atoms with van der Waals surface area (Å²) in [6, 6.07) is 11.3. The molecular weight excluding hydrogens is 394 g/mol. The molecule has 4 rings (SSSR count). The van der Waals surface area contributed by atoms with Gasteiger partial charge in [-0.05, 0) is 48.9 Å². The maximum atomic E-state index is 13.3. The van der Waals surface area contributed by atoms with Gasteiger partial charge in [-0.2, -0.15) is 10.1 Å². The molecule has 9 heteroatoms. The van der Waals surface area contributed by atoms with Crippen LogP contribution < -0.4 is 15.4 Å². The predicted octanol–water partition coefficient (Wildman–Crippen LogP) is 3.30. The van der Waals surface area contributed by atoms with Crippen LogP contribution in [0.25, 0.3) is 0 Å². The van der Waals surface area contributed by atoms with Gasteiger partial charge in [-0.15, -0.1) is 0 Å². The van der Waals surface area contributed by atoms with Crippen molar-refractivity contribution < 1.29 is 14.6 Å². The number of phenolic OH excluding ortho intramolecular Hbond substituents is 1. The fourth-order valence-corrected chi connectivity index (χ4v) is 3.76. The highest BCUT2D eigenvalue weighted by Crippen LogP contribution is 2.39. The lowest BCUT2D eigenvalue weighted by molar-refractivity contribution is -0.121. The van der Waals surface area contributed by atoms with Crippen LogP contribution in [-0.2, 0) is 4.79 Å². The molecule has 0 fully saturated rings. The maximum Gasteiger partial charge on any atom is 0.232 e. The number of hydrogen-bond acceptors (Lipinski definition) is 6. The van der Waals surface area contributed by atoms with E-state index in [1.165, 1.54) is 13.4 Å². The highest BCUT2D eigenvalue weighted by atomic mass is 35.5. The molecule has 1 amide bonds. The summed E-state index contributed by atoms with van der Waals surface area (Å²) >= 11 is 5.93. The summed E-state index contributed by atoms with van der Waals surface area (Å²) in [4.78, 5) is 17.5. The molecular formula is C20H20ClN5O3. The number of methoxy groups -OCH3 is 1. The third kappa shape index (κ3) is 3.58. The average Bonchev–Trinajstić information content (AvgIpc) is 3.17. The van der Waals surface area contributed by atoms with Crippen molar-refractivity contribution in [3.63, 3.8) is 0 Å². The second-order valence-electron chi connectivity index (χ2n) is 6.86. The largest absolute Gasteiger partial charge is 0.504 e. The predicted molar refractivity (Wildman–Crippen MR) is 109 cm³/mol. The molecule has 3 atom stereocenters. The van der Waals surface area contributed by atoms with E-state index in [-0.39, 0.29) is 17.7 Å². The summed E-state index contributed by atoms with van der Waals surface area (Å²) in [6.45, 7) is 1.93. The standard InChI is InChI=1S/C20H20ClN5O3/c1-11-17(19(28)25-14-6-4-13(21)5-7-14)18(26-20(24-11)22-10-23-26)12-3-8-15(27)16(9-12)29-2/h3-11,17-18,27H,1-2H3,(H,25,28)(H,22,23,24)/t11-,17-,18+/m1/s1. The average molecular weight is 414 g/mol. The van der Waals surface area contributed by atoms with E-state index in [2.05, 4.69) is 20.7 Å². The van der Waals surface area contributed by atoms with Gasteiger partial charge in [-0.25, -0.2) is 4.68 Å². The molecule has 1 aliphatic heterocycles. The lowest BCUT2D eigenvalue weighted by Crippen LogP contribution is -2.46. The fourth-order valence-electron chi connectivity index (χ4n) is 3.63. The molecule has 150 valence electrons. The van der Waals surface area contributed by atoms with Gasteiger partial charge in [0.2, 0.25) is 11.9 Å². The zero-order chi connectivity index (χ0) is 20.5. The number of nitrogens with zero attached hydrogens (tertiary/aromatic N) is 3. The van der Waals surface area contributed by atoms with Crippen molar-refractivity contribution in [1.82, 2.24) is 14.8 Å². The third-order valence-electron chi connectivity index (χ3n) is 5.03. The summed E-state index contributed by atoms with van der Waals surface area (Å²) in [5.41, 5.74) is 1.43. The van der Waals surface area contributed by atoms with Gasteiger partial charge < -0.3 is 20.5 Å². The van der Waals surface area contributed by atoms with E-state index in [9.17, 15) is 9.90 Å². The fraction of sp³-hybridized carbons (Fsp3) is 0.250. The first kappa shape index (κ1) is 19.1. The summed E-state index contributed by atoms with van der Waals surface area (Å²) in [5.74, 6) is 0.246. The molecule has 2 aromatic carbocycles. The third-order valence-corrected chi connectivity index (χ3v) is 5.28. The van der Waals surface area contributed by atoms with Gasteiger partial charge in [-0.3, -0.25) is 4.79 Å². The summed E-state index contributed by atoms with van der Waals surface area (Å²) < 4.78 is 6.93. The zero-order valence-electron chi connectivity index (χ0n) is 15.8. The van der Waals surface area contributed by atoms with Crippen molar-refractivity contribution in [1.29, 1.82) is 0 Å². The molecule has 8 nitrogen and oxygen atoms in total. The van der Waals surface area contributed by atoms with Gasteiger partial charge in [0, 0.05) is 16.8 Å². The SMILES string of the molecule is COc1cc([C@H]2[C@H](C(=O)Nc3ccc(Cl)cc3)[C@@H](C)Nc3ncnn32)ccc1O. The molecule has 0 unspecified atom stereocenters. The van der Waals surface area contributed by atoms with Gasteiger partial charge in [0.1, 0.15) is 6.33 Å². The summed E-state index contributed by atoms with van der Waals surface area (Å²) in [7, 11) is 1.48. The van der Waals surface area contributed by atoms with E-state index in [0.717, 1.165) is 5.56 Å². The van der Waals surface area contributed by atoms with Crippen LogP contribution in [0.1, 0.15) is 18.5 Å². The Kier molecular flexibility index (Phi) is 5.02. The highest BCUT2D eigenvalue weighted by molar-refractivity contribution is 6.30. The van der Waals surface area contributed by atoms with Gasteiger partial charge in [0.15, 0.2) is 11.5 Å². The topological polar surface area (TPSA) is 101 Å². The van der Waals surface area contributed by atoms with E-state index in [0.29, 0.717) is 22.4 Å². The minimum Gasteiger partial charge on any atom is -0.504 e. The second-order valence-corrected chi connectivity index (χ2v) is 7.30. The number of carbonyl (C=O) groups is 1. The zero-order valence-corrected chi connectivity index (χ0v) is 16.6. The molecule has 29 heavy (non-hydrogen) atoms. The molecule has 3 aromatic rings. The second kappa shape index (κ2) is 7.63. The van der Waals surface area contributed by atoms with Crippen molar-refractivity contribution in [3.05, 3.63) is 59.4 Å². The number of rotatable bonds is 4. The minimum absolute atomic E-state index is 0.0270. The van der Waals surface area contributed by atoms with Gasteiger partial charge in [0.25, 0.3) is 0 Å². The lowest BCUT2D eigenvalue weighted by Gasteiger charge is -2.37. The van der Waals surface area contributed by atoms with Crippen molar-refractivity contribution >= 4 is 29.1 Å². The Balaban J connectivity index is 1.74. The molecule has 0 spiro atoms. The number of ether oxygens (including phenoxy) is 1. The lowest BCUT2D eigenvalue weighted by atomic mass is 9.85. The number of aromatic nitrogens is 3. The Hall–Kier alpha value is -3.26. The van der Waals surface area contributed by atoms with Crippen molar-refractivity contribution in [2.24, 2.45) is 5.92 Å². The number of nitrogens with one attached hydrogen (secondary N) is 2. The number of aromatic hydroxyl groups is 1. The molecule has 0 aliphatic carbocycles. The number of benzene rings is 2. The Morgan fingerprint density at radius 3 is 2.76 bits per heavy atom. The van der Waals surface area contributed by atoms with E-state index in [1.54, 1.807) is 47.1 Å². The molecule has 0 saturated carbocycles. The quantitative estimate of drug-likeness (QED) is 0.606. The smallest absolute Gasteiger partial charge is 0.232 e. The van der Waals surface area contributed by atoms with E-state index < -0.39 is 12.0 Å². The van der Waals surface area contributed by atoms with Crippen LogP contribution in [0, 0.1) is 5.92 Å². The van der Waals surface area contributed by atoms with Gasteiger partial charge in [0.05, 0.1) is 19.1 Å². The molecule has 2 heterocycles. The van der Waals surface area contributed by atoms with Crippen LogP contribution in [0.5, 0.6) is 11.5 Å². The number of fused-ring (bicyclic) bond motifs is 1. The normalized spacial score (nSPS) is 20.4. The Labute approximate surface area is 172 Å². The van der Waals surface area contributed by atoms with E-state index in [4.69, 9.17) is 16.3 Å². The van der Waals surface area contributed by atoms with Crippen molar-refractivity contribution in [2.45, 2.75) is 19.0 Å². The molecule has 0 bridgehead atoms. The molecule has 3 N–H and O–H groups in total. The number of phenols is 1. The minimum atomic E-state index is -0.505. The first-order valence-corrected chi connectivity index (χ1v) is 9.45. The summed E-state index contributed by atoms with van der Waals surface area (Å²) in [6.07, 6.45) is 1.44. The van der Waals surface area contributed by atoms with Gasteiger partial charge in [-0.1, -0.05) is 17.7 Å². The van der Waals surface area contributed by atoms with Crippen LogP contribution >= 0.6 is 11.6 Å². The number of anilines is 2. The number of carbonyl (C=O) groups excluding carboxylic acids is 1. The Morgan fingerprint density at radius 1 is 1.28 bits per heavy atom. The molecule has 1 aromatic heterocycles. The first-order chi connectivity index (χ1) is 14.0. The van der Waals surface area contributed by atoms with Crippen molar-refractivity contribution in [2.75, 3.05) is 17.7 Å². The van der Waals surface area contributed by atoms with Crippen LogP contribution in [0.15, 0.2) is 48.8 Å².